The number of rotatable bonds is 5. The number of aliphatic hydroxyl groups is 1. The van der Waals surface area contributed by atoms with Gasteiger partial charge in [0, 0.05) is 25.4 Å². The summed E-state index contributed by atoms with van der Waals surface area (Å²) in [5.74, 6) is -0.192. The van der Waals surface area contributed by atoms with E-state index in [-0.39, 0.29) is 24.4 Å². The number of amides is 1. The SMILES string of the molecule is Cl.Cn1cc(-c2ccc(Cc3cc(C(=O)N[C@H]4CCCC[C@@H]4O)nc4c3CCNC4)cc2)cn1. The largest absolute Gasteiger partial charge is 0.391 e. The molecule has 0 unspecified atom stereocenters. The molecule has 3 aromatic rings. The maximum absolute atomic E-state index is 13.0. The third kappa shape index (κ3) is 5.32. The Bertz CT molecular complexity index is 1140. The van der Waals surface area contributed by atoms with Crippen molar-refractivity contribution >= 4 is 18.3 Å². The molecule has 0 radical (unpaired) electrons. The van der Waals surface area contributed by atoms with Crippen LogP contribution >= 0.6 is 12.4 Å². The van der Waals surface area contributed by atoms with Gasteiger partial charge >= 0.3 is 0 Å². The number of carbonyl (C=O) groups excluding carboxylic acids is 1. The number of fused-ring (bicyclic) bond motifs is 1. The highest BCUT2D eigenvalue weighted by atomic mass is 35.5. The van der Waals surface area contributed by atoms with Gasteiger partial charge in [-0.1, -0.05) is 37.1 Å². The zero-order valence-corrected chi connectivity index (χ0v) is 20.3. The highest BCUT2D eigenvalue weighted by molar-refractivity contribution is 5.93. The van der Waals surface area contributed by atoms with Crippen LogP contribution < -0.4 is 10.6 Å². The molecule has 0 saturated heterocycles. The van der Waals surface area contributed by atoms with Gasteiger partial charge in [-0.15, -0.1) is 12.4 Å². The van der Waals surface area contributed by atoms with Crippen molar-refractivity contribution in [3.63, 3.8) is 0 Å². The summed E-state index contributed by atoms with van der Waals surface area (Å²) in [5.41, 5.74) is 7.24. The molecular formula is C26H32ClN5O2. The number of hydrogen-bond acceptors (Lipinski definition) is 5. The third-order valence-corrected chi connectivity index (χ3v) is 6.81. The number of nitrogens with zero attached hydrogens (tertiary/aromatic N) is 3. The Morgan fingerprint density at radius 3 is 2.74 bits per heavy atom. The van der Waals surface area contributed by atoms with E-state index >= 15 is 0 Å². The van der Waals surface area contributed by atoms with E-state index in [0.717, 1.165) is 67.5 Å². The Morgan fingerprint density at radius 2 is 2.00 bits per heavy atom. The lowest BCUT2D eigenvalue weighted by Crippen LogP contribution is -2.45. The van der Waals surface area contributed by atoms with Crippen LogP contribution in [0.25, 0.3) is 11.1 Å². The minimum absolute atomic E-state index is 0. The van der Waals surface area contributed by atoms with E-state index in [2.05, 4.69) is 40.0 Å². The fraction of sp³-hybridized carbons (Fsp3) is 0.423. The molecule has 2 aliphatic rings. The molecule has 1 aliphatic carbocycles. The van der Waals surface area contributed by atoms with Crippen molar-refractivity contribution in [1.82, 2.24) is 25.4 Å². The first kappa shape index (κ1) is 24.4. The summed E-state index contributed by atoms with van der Waals surface area (Å²) in [4.78, 5) is 17.7. The zero-order chi connectivity index (χ0) is 22.8. The highest BCUT2D eigenvalue weighted by Gasteiger charge is 2.26. The first-order chi connectivity index (χ1) is 16.1. The molecule has 1 aromatic carbocycles. The van der Waals surface area contributed by atoms with Gasteiger partial charge in [-0.3, -0.25) is 9.48 Å². The lowest BCUT2D eigenvalue weighted by atomic mass is 9.92. The average molecular weight is 482 g/mol. The molecule has 34 heavy (non-hydrogen) atoms. The minimum atomic E-state index is -0.472. The monoisotopic (exact) mass is 481 g/mol. The van der Waals surface area contributed by atoms with E-state index in [1.807, 2.05) is 25.5 Å². The Morgan fingerprint density at radius 1 is 1.21 bits per heavy atom. The Hall–Kier alpha value is -2.74. The predicted molar refractivity (Wildman–Crippen MR) is 134 cm³/mol. The van der Waals surface area contributed by atoms with E-state index in [1.54, 1.807) is 4.68 Å². The number of pyridine rings is 1. The van der Waals surface area contributed by atoms with Gasteiger partial charge in [-0.05, 0) is 60.5 Å². The molecule has 1 aliphatic heterocycles. The molecule has 180 valence electrons. The third-order valence-electron chi connectivity index (χ3n) is 6.81. The van der Waals surface area contributed by atoms with E-state index in [9.17, 15) is 9.90 Å². The molecule has 3 N–H and O–H groups in total. The number of aliphatic hydroxyl groups excluding tert-OH is 1. The molecule has 1 saturated carbocycles. The molecule has 7 nitrogen and oxygen atoms in total. The van der Waals surface area contributed by atoms with E-state index < -0.39 is 6.10 Å². The highest BCUT2D eigenvalue weighted by Crippen LogP contribution is 2.25. The van der Waals surface area contributed by atoms with Crippen LogP contribution in [0.15, 0.2) is 42.7 Å². The summed E-state index contributed by atoms with van der Waals surface area (Å²) in [6, 6.07) is 10.3. The first-order valence-corrected chi connectivity index (χ1v) is 11.9. The number of halogens is 1. The van der Waals surface area contributed by atoms with Crippen LogP contribution in [0, 0.1) is 0 Å². The summed E-state index contributed by atoms with van der Waals surface area (Å²) < 4.78 is 1.80. The van der Waals surface area contributed by atoms with Gasteiger partial charge in [-0.25, -0.2) is 4.98 Å². The predicted octanol–water partition coefficient (Wildman–Crippen LogP) is 3.17. The fourth-order valence-electron chi connectivity index (χ4n) is 4.96. The Kier molecular flexibility index (Phi) is 7.66. The maximum Gasteiger partial charge on any atom is 0.270 e. The van der Waals surface area contributed by atoms with Gasteiger partial charge in [-0.2, -0.15) is 5.10 Å². The number of aromatic nitrogens is 3. The zero-order valence-electron chi connectivity index (χ0n) is 19.5. The lowest BCUT2D eigenvalue weighted by molar-refractivity contribution is 0.0713. The summed E-state index contributed by atoms with van der Waals surface area (Å²) >= 11 is 0. The van der Waals surface area contributed by atoms with Crippen molar-refractivity contribution in [1.29, 1.82) is 0 Å². The molecule has 3 heterocycles. The van der Waals surface area contributed by atoms with Gasteiger partial charge in [0.15, 0.2) is 0 Å². The maximum atomic E-state index is 13.0. The smallest absolute Gasteiger partial charge is 0.270 e. The fourth-order valence-corrected chi connectivity index (χ4v) is 4.96. The average Bonchev–Trinajstić information content (AvgIpc) is 3.27. The Balaban J connectivity index is 0.00000274. The van der Waals surface area contributed by atoms with Crippen molar-refractivity contribution in [3.8, 4) is 11.1 Å². The molecule has 2 aromatic heterocycles. The molecule has 1 amide bonds. The van der Waals surface area contributed by atoms with Crippen molar-refractivity contribution < 1.29 is 9.90 Å². The van der Waals surface area contributed by atoms with Gasteiger partial charge < -0.3 is 15.7 Å². The summed E-state index contributed by atoms with van der Waals surface area (Å²) in [5, 5.41) is 20.9. The second kappa shape index (κ2) is 10.7. The molecule has 1 fully saturated rings. The number of benzene rings is 1. The van der Waals surface area contributed by atoms with Crippen LogP contribution in [0.2, 0.25) is 0 Å². The van der Waals surface area contributed by atoms with E-state index in [4.69, 9.17) is 4.98 Å². The van der Waals surface area contributed by atoms with Crippen LogP contribution in [-0.4, -0.2) is 44.5 Å². The molecule has 2 atom stereocenters. The van der Waals surface area contributed by atoms with E-state index in [0.29, 0.717) is 12.2 Å². The van der Waals surface area contributed by atoms with Gasteiger partial charge in [0.2, 0.25) is 0 Å². The first-order valence-electron chi connectivity index (χ1n) is 11.9. The summed E-state index contributed by atoms with van der Waals surface area (Å²) in [6.45, 7) is 1.59. The number of nitrogens with one attached hydrogen (secondary N) is 2. The van der Waals surface area contributed by atoms with Gasteiger partial charge in [0.05, 0.1) is 24.0 Å². The molecule has 0 spiro atoms. The van der Waals surface area contributed by atoms with Crippen molar-refractivity contribution in [2.45, 2.75) is 57.2 Å². The summed E-state index contributed by atoms with van der Waals surface area (Å²) in [6.07, 6.45) is 8.68. The van der Waals surface area contributed by atoms with Crippen LogP contribution in [-0.2, 0) is 26.4 Å². The minimum Gasteiger partial charge on any atom is -0.391 e. The van der Waals surface area contributed by atoms with Gasteiger partial charge in [0.25, 0.3) is 5.91 Å². The lowest BCUT2D eigenvalue weighted by Gasteiger charge is -2.28. The standard InChI is InChI=1S/C26H31N5O2.ClH/c1-31-16-20(14-28-31)18-8-6-17(7-9-18)12-19-13-23(29-24-15-27-11-10-21(19)24)26(33)30-22-4-2-3-5-25(22)32;/h6-9,13-14,16,22,25,27,32H,2-5,10-12,15H2,1H3,(H,30,33);1H/t22-,25-;/m0./s1. The van der Waals surface area contributed by atoms with Crippen LogP contribution in [0.5, 0.6) is 0 Å². The van der Waals surface area contributed by atoms with Crippen molar-refractivity contribution in [2.75, 3.05) is 6.54 Å². The van der Waals surface area contributed by atoms with Crippen LogP contribution in [0.1, 0.15) is 58.6 Å². The second-order valence-electron chi connectivity index (χ2n) is 9.23. The number of hydrogen-bond donors (Lipinski definition) is 3. The quantitative estimate of drug-likeness (QED) is 0.520. The number of carbonyl (C=O) groups is 1. The van der Waals surface area contributed by atoms with Crippen molar-refractivity contribution in [3.05, 3.63) is 70.8 Å². The van der Waals surface area contributed by atoms with Crippen LogP contribution in [0.3, 0.4) is 0 Å². The Labute approximate surface area is 206 Å². The molecule has 8 heteroatoms. The molecule has 5 rings (SSSR count). The molecular weight excluding hydrogens is 450 g/mol. The topological polar surface area (TPSA) is 92.1 Å². The van der Waals surface area contributed by atoms with Crippen molar-refractivity contribution in [2.24, 2.45) is 7.05 Å². The molecule has 0 bridgehead atoms. The second-order valence-corrected chi connectivity index (χ2v) is 9.23. The van der Waals surface area contributed by atoms with Gasteiger partial charge in [0.1, 0.15) is 5.69 Å². The summed E-state index contributed by atoms with van der Waals surface area (Å²) in [7, 11) is 1.92. The normalized spacial score (nSPS) is 19.7. The number of aryl methyl sites for hydroxylation is 1. The van der Waals surface area contributed by atoms with Crippen LogP contribution in [0.4, 0.5) is 0 Å². The van der Waals surface area contributed by atoms with E-state index in [1.165, 1.54) is 11.1 Å².